The van der Waals surface area contributed by atoms with Crippen LogP contribution in [0, 0.1) is 5.92 Å². The Morgan fingerprint density at radius 2 is 2.18 bits per heavy atom. The number of ether oxygens (including phenoxy) is 1. The molecule has 3 nitrogen and oxygen atoms in total. The van der Waals surface area contributed by atoms with E-state index in [1.807, 2.05) is 18.2 Å². The summed E-state index contributed by atoms with van der Waals surface area (Å²) >= 11 is 0. The van der Waals surface area contributed by atoms with E-state index >= 15 is 0 Å². The number of rotatable bonds is 6. The van der Waals surface area contributed by atoms with Crippen LogP contribution in [-0.2, 0) is 0 Å². The maximum atomic E-state index is 12.6. The first kappa shape index (κ1) is 17.0. The molecule has 0 aliphatic carbocycles. The fraction of sp³-hybridized carbons (Fsp3) is 0.632. The Bertz CT molecular complexity index is 510. The number of carbonyl (C=O) groups excluding carboxylic acids is 1. The van der Waals surface area contributed by atoms with Crippen molar-refractivity contribution < 1.29 is 9.53 Å². The van der Waals surface area contributed by atoms with Crippen LogP contribution in [0.4, 0.5) is 0 Å². The number of Topliss-reactive ketones (excluding diaryl/α,β-unsaturated/α-hetero) is 1. The monoisotopic (exact) mass is 303 g/mol. The zero-order valence-corrected chi connectivity index (χ0v) is 14.4. The number of likely N-dealkylation sites (tertiary alicyclic amines) is 1. The van der Waals surface area contributed by atoms with E-state index in [0.29, 0.717) is 18.1 Å². The van der Waals surface area contributed by atoms with Crippen molar-refractivity contribution in [3.05, 3.63) is 29.3 Å². The van der Waals surface area contributed by atoms with E-state index in [0.717, 1.165) is 31.1 Å². The van der Waals surface area contributed by atoms with Crippen LogP contribution >= 0.6 is 0 Å². The van der Waals surface area contributed by atoms with Gasteiger partial charge in [-0.25, -0.2) is 0 Å². The second-order valence-corrected chi connectivity index (χ2v) is 6.84. The van der Waals surface area contributed by atoms with Crippen LogP contribution in [0.3, 0.4) is 0 Å². The number of piperidine rings is 1. The molecule has 1 aromatic carbocycles. The Hall–Kier alpha value is -1.35. The van der Waals surface area contributed by atoms with E-state index in [9.17, 15) is 4.79 Å². The van der Waals surface area contributed by atoms with Crippen molar-refractivity contribution in [2.75, 3.05) is 26.7 Å². The summed E-state index contributed by atoms with van der Waals surface area (Å²) in [6.45, 7) is 9.69. The first-order chi connectivity index (χ1) is 10.5. The lowest BCUT2D eigenvalue weighted by Gasteiger charge is -2.30. The second-order valence-electron chi connectivity index (χ2n) is 6.84. The highest BCUT2D eigenvalue weighted by molar-refractivity contribution is 5.99. The van der Waals surface area contributed by atoms with Gasteiger partial charge in [-0.1, -0.05) is 26.8 Å². The highest BCUT2D eigenvalue weighted by atomic mass is 16.5. The lowest BCUT2D eigenvalue weighted by Crippen LogP contribution is -2.35. The van der Waals surface area contributed by atoms with Crippen LogP contribution in [0.5, 0.6) is 5.75 Å². The first-order valence-electron chi connectivity index (χ1n) is 8.44. The van der Waals surface area contributed by atoms with Crippen LogP contribution in [0.1, 0.15) is 61.9 Å². The van der Waals surface area contributed by atoms with E-state index in [2.05, 4.69) is 25.7 Å². The van der Waals surface area contributed by atoms with Gasteiger partial charge in [-0.3, -0.25) is 4.79 Å². The van der Waals surface area contributed by atoms with Gasteiger partial charge in [0, 0.05) is 19.5 Å². The fourth-order valence-electron chi connectivity index (χ4n) is 3.19. The molecule has 0 saturated carbocycles. The molecule has 122 valence electrons. The minimum absolute atomic E-state index is 0.192. The van der Waals surface area contributed by atoms with E-state index in [4.69, 9.17) is 4.74 Å². The standard InChI is InChI=1S/C19H29NO2/c1-14(2)16-7-8-19(22-4)17(12-16)18(21)9-11-20-10-5-6-15(3)13-20/h7-8,12,14-15H,5-6,9-11,13H2,1-4H3. The van der Waals surface area contributed by atoms with Crippen molar-refractivity contribution in [3.63, 3.8) is 0 Å². The number of carbonyl (C=O) groups is 1. The molecule has 2 rings (SSSR count). The average Bonchev–Trinajstić information content (AvgIpc) is 2.52. The molecule has 0 aromatic heterocycles. The minimum atomic E-state index is 0.192. The number of nitrogens with zero attached hydrogens (tertiary/aromatic N) is 1. The van der Waals surface area contributed by atoms with Gasteiger partial charge in [0.2, 0.25) is 0 Å². The number of hydrogen-bond donors (Lipinski definition) is 0. The average molecular weight is 303 g/mol. The predicted molar refractivity (Wildman–Crippen MR) is 90.9 cm³/mol. The maximum Gasteiger partial charge on any atom is 0.167 e. The molecule has 1 fully saturated rings. The Morgan fingerprint density at radius 1 is 1.41 bits per heavy atom. The van der Waals surface area contributed by atoms with E-state index < -0.39 is 0 Å². The molecule has 0 spiro atoms. The number of ketones is 1. The largest absolute Gasteiger partial charge is 0.496 e. The third-order valence-corrected chi connectivity index (χ3v) is 4.59. The van der Waals surface area contributed by atoms with Crippen LogP contribution in [0.2, 0.25) is 0 Å². The van der Waals surface area contributed by atoms with Crippen molar-refractivity contribution in [3.8, 4) is 5.75 Å². The fourth-order valence-corrected chi connectivity index (χ4v) is 3.19. The molecule has 1 aromatic rings. The third-order valence-electron chi connectivity index (χ3n) is 4.59. The molecule has 1 aliphatic heterocycles. The SMILES string of the molecule is COc1ccc(C(C)C)cc1C(=O)CCN1CCCC(C)C1. The Morgan fingerprint density at radius 3 is 2.82 bits per heavy atom. The number of benzene rings is 1. The molecule has 22 heavy (non-hydrogen) atoms. The molecule has 0 amide bonds. The quantitative estimate of drug-likeness (QED) is 0.740. The second kappa shape index (κ2) is 7.77. The topological polar surface area (TPSA) is 29.5 Å². The third kappa shape index (κ3) is 4.33. The number of methoxy groups -OCH3 is 1. The molecule has 1 heterocycles. The van der Waals surface area contributed by atoms with E-state index in [1.165, 1.54) is 18.4 Å². The van der Waals surface area contributed by atoms with Gasteiger partial charge in [-0.15, -0.1) is 0 Å². The highest BCUT2D eigenvalue weighted by Crippen LogP contribution is 2.25. The molecule has 3 heteroatoms. The molecule has 0 bridgehead atoms. The number of hydrogen-bond acceptors (Lipinski definition) is 3. The zero-order chi connectivity index (χ0) is 16.1. The van der Waals surface area contributed by atoms with Crippen molar-refractivity contribution in [1.82, 2.24) is 4.90 Å². The van der Waals surface area contributed by atoms with Crippen molar-refractivity contribution >= 4 is 5.78 Å². The van der Waals surface area contributed by atoms with Crippen molar-refractivity contribution in [2.24, 2.45) is 5.92 Å². The van der Waals surface area contributed by atoms with Gasteiger partial charge in [0.15, 0.2) is 5.78 Å². The van der Waals surface area contributed by atoms with Gasteiger partial charge >= 0.3 is 0 Å². The van der Waals surface area contributed by atoms with Gasteiger partial charge in [0.05, 0.1) is 12.7 Å². The summed E-state index contributed by atoms with van der Waals surface area (Å²) in [6, 6.07) is 5.97. The maximum absolute atomic E-state index is 12.6. The summed E-state index contributed by atoms with van der Waals surface area (Å²) in [6.07, 6.45) is 3.14. The van der Waals surface area contributed by atoms with E-state index in [-0.39, 0.29) is 5.78 Å². The molecule has 1 aliphatic rings. The Kier molecular flexibility index (Phi) is 6.01. The lowest BCUT2D eigenvalue weighted by atomic mass is 9.96. The smallest absolute Gasteiger partial charge is 0.167 e. The van der Waals surface area contributed by atoms with Crippen LogP contribution in [0.25, 0.3) is 0 Å². The lowest BCUT2D eigenvalue weighted by molar-refractivity contribution is 0.0946. The van der Waals surface area contributed by atoms with Gasteiger partial charge < -0.3 is 9.64 Å². The Balaban J connectivity index is 2.03. The van der Waals surface area contributed by atoms with Crippen LogP contribution in [0.15, 0.2) is 18.2 Å². The van der Waals surface area contributed by atoms with Crippen molar-refractivity contribution in [1.29, 1.82) is 0 Å². The summed E-state index contributed by atoms with van der Waals surface area (Å²) in [7, 11) is 1.63. The van der Waals surface area contributed by atoms with Gasteiger partial charge in [-0.05, 0) is 48.9 Å². The summed E-state index contributed by atoms with van der Waals surface area (Å²) in [4.78, 5) is 15.0. The summed E-state index contributed by atoms with van der Waals surface area (Å²) < 4.78 is 5.38. The molecule has 0 N–H and O–H groups in total. The molecule has 1 saturated heterocycles. The van der Waals surface area contributed by atoms with E-state index in [1.54, 1.807) is 7.11 Å². The first-order valence-corrected chi connectivity index (χ1v) is 8.44. The Labute approximate surface area is 134 Å². The molecular formula is C19H29NO2. The summed E-state index contributed by atoms with van der Waals surface area (Å²) in [5, 5.41) is 0. The predicted octanol–water partition coefficient (Wildman–Crippen LogP) is 4.12. The van der Waals surface area contributed by atoms with Crippen molar-refractivity contribution in [2.45, 2.75) is 46.0 Å². The van der Waals surface area contributed by atoms with Crippen LogP contribution < -0.4 is 4.74 Å². The summed E-state index contributed by atoms with van der Waals surface area (Å²) in [5.74, 6) is 2.06. The van der Waals surface area contributed by atoms with Gasteiger partial charge in [0.1, 0.15) is 5.75 Å². The normalized spacial score (nSPS) is 19.4. The van der Waals surface area contributed by atoms with Crippen LogP contribution in [-0.4, -0.2) is 37.4 Å². The molecular weight excluding hydrogens is 274 g/mol. The zero-order valence-electron chi connectivity index (χ0n) is 14.4. The van der Waals surface area contributed by atoms with Gasteiger partial charge in [-0.2, -0.15) is 0 Å². The minimum Gasteiger partial charge on any atom is -0.496 e. The summed E-state index contributed by atoms with van der Waals surface area (Å²) in [5.41, 5.74) is 1.93. The highest BCUT2D eigenvalue weighted by Gasteiger charge is 2.19. The molecule has 0 radical (unpaired) electrons. The van der Waals surface area contributed by atoms with Gasteiger partial charge in [0.25, 0.3) is 0 Å². The molecule has 1 unspecified atom stereocenters. The molecule has 1 atom stereocenters.